The summed E-state index contributed by atoms with van der Waals surface area (Å²) < 4.78 is 0. The largest absolute Gasteiger partial charge is 0.309 e. The van der Waals surface area contributed by atoms with E-state index in [1.54, 1.807) is 0 Å². The minimum Gasteiger partial charge on any atom is -0.309 e. The number of nitrogens with one attached hydrogen (secondary N) is 1. The van der Waals surface area contributed by atoms with Crippen LogP contribution in [0.25, 0.3) is 0 Å². The molecule has 1 atom stereocenters. The first kappa shape index (κ1) is 10.2. The number of hydrogen-bond acceptors (Lipinski definition) is 2. The number of nitrogens with zero attached hydrogens (tertiary/aromatic N) is 1. The summed E-state index contributed by atoms with van der Waals surface area (Å²) in [5, 5.41) is 3.34. The zero-order chi connectivity index (χ0) is 9.68. The minimum atomic E-state index is 0.357. The van der Waals surface area contributed by atoms with E-state index in [-0.39, 0.29) is 0 Å². The first-order chi connectivity index (χ1) is 6.27. The molecule has 0 fully saturated rings. The van der Waals surface area contributed by atoms with Gasteiger partial charge in [0.25, 0.3) is 0 Å². The lowest BCUT2D eigenvalue weighted by Gasteiger charge is -2.11. The van der Waals surface area contributed by atoms with Crippen LogP contribution in [0.4, 0.5) is 0 Å². The molecule has 1 unspecified atom stereocenters. The van der Waals surface area contributed by atoms with Gasteiger partial charge in [-0.15, -0.1) is 0 Å². The second kappa shape index (κ2) is 4.97. The fraction of sp³-hybridized carbons (Fsp3) is 0.545. The van der Waals surface area contributed by atoms with Crippen molar-refractivity contribution in [1.29, 1.82) is 0 Å². The molecule has 0 aliphatic heterocycles. The molecule has 0 aromatic carbocycles. The van der Waals surface area contributed by atoms with E-state index in [2.05, 4.69) is 43.2 Å². The molecule has 0 saturated heterocycles. The lowest BCUT2D eigenvalue weighted by atomic mass is 10.1. The average Bonchev–Trinajstić information content (AvgIpc) is 2.18. The fourth-order valence-corrected chi connectivity index (χ4v) is 1.31. The van der Waals surface area contributed by atoms with Crippen molar-refractivity contribution in [2.75, 3.05) is 6.54 Å². The quantitative estimate of drug-likeness (QED) is 0.765. The van der Waals surface area contributed by atoms with Crippen molar-refractivity contribution in [3.8, 4) is 0 Å². The minimum absolute atomic E-state index is 0.357. The van der Waals surface area contributed by atoms with Crippen molar-refractivity contribution < 1.29 is 0 Å². The second-order valence-electron chi connectivity index (χ2n) is 3.22. The topological polar surface area (TPSA) is 24.9 Å². The number of hydrogen-bond donors (Lipinski definition) is 1. The van der Waals surface area contributed by atoms with Crippen LogP contribution in [0.15, 0.2) is 18.3 Å². The molecule has 1 rings (SSSR count). The molecular weight excluding hydrogens is 160 g/mol. The lowest BCUT2D eigenvalue weighted by molar-refractivity contribution is 0.583. The van der Waals surface area contributed by atoms with E-state index in [4.69, 9.17) is 0 Å². The molecule has 0 radical (unpaired) electrons. The Morgan fingerprint density at radius 2 is 2.15 bits per heavy atom. The van der Waals surface area contributed by atoms with Crippen LogP contribution in [0.3, 0.4) is 0 Å². The summed E-state index contributed by atoms with van der Waals surface area (Å²) in [5.41, 5.74) is 2.42. The van der Waals surface area contributed by atoms with Gasteiger partial charge in [0.15, 0.2) is 0 Å². The van der Waals surface area contributed by atoms with E-state index in [0.717, 1.165) is 18.7 Å². The Bertz CT molecular complexity index is 241. The van der Waals surface area contributed by atoms with Gasteiger partial charge in [0.05, 0.1) is 5.69 Å². The summed E-state index contributed by atoms with van der Waals surface area (Å²) in [6, 6.07) is 4.61. The molecule has 1 heterocycles. The number of pyridine rings is 1. The van der Waals surface area contributed by atoms with Crippen molar-refractivity contribution in [3.63, 3.8) is 0 Å². The summed E-state index contributed by atoms with van der Waals surface area (Å²) in [6.07, 6.45) is 3.02. The molecular formula is C11H18N2. The summed E-state index contributed by atoms with van der Waals surface area (Å²) in [4.78, 5) is 4.41. The van der Waals surface area contributed by atoms with E-state index in [1.165, 1.54) is 5.56 Å². The van der Waals surface area contributed by atoms with Crippen molar-refractivity contribution >= 4 is 0 Å². The maximum Gasteiger partial charge on any atom is 0.0570 e. The monoisotopic (exact) mass is 178 g/mol. The predicted octanol–water partition coefficient (Wildman–Crippen LogP) is 2.31. The van der Waals surface area contributed by atoms with Crippen molar-refractivity contribution in [2.24, 2.45) is 0 Å². The normalized spacial score (nSPS) is 12.8. The Morgan fingerprint density at radius 1 is 1.38 bits per heavy atom. The van der Waals surface area contributed by atoms with Crippen LogP contribution < -0.4 is 5.32 Å². The van der Waals surface area contributed by atoms with Gasteiger partial charge < -0.3 is 5.32 Å². The van der Waals surface area contributed by atoms with Crippen LogP contribution in [0.1, 0.15) is 38.1 Å². The summed E-state index contributed by atoms with van der Waals surface area (Å²) in [7, 11) is 0. The van der Waals surface area contributed by atoms with Gasteiger partial charge in [-0.05, 0) is 31.5 Å². The third-order valence-electron chi connectivity index (χ3n) is 2.21. The highest BCUT2D eigenvalue weighted by Gasteiger charge is 2.03. The first-order valence-electron chi connectivity index (χ1n) is 4.96. The highest BCUT2D eigenvalue weighted by atomic mass is 14.9. The summed E-state index contributed by atoms with van der Waals surface area (Å²) in [5.74, 6) is 0. The van der Waals surface area contributed by atoms with Crippen LogP contribution in [0.2, 0.25) is 0 Å². The third kappa shape index (κ3) is 2.81. The van der Waals surface area contributed by atoms with Crippen molar-refractivity contribution in [2.45, 2.75) is 33.2 Å². The van der Waals surface area contributed by atoms with Gasteiger partial charge in [-0.25, -0.2) is 0 Å². The van der Waals surface area contributed by atoms with Crippen LogP contribution in [0, 0.1) is 0 Å². The van der Waals surface area contributed by atoms with Gasteiger partial charge in [-0.2, -0.15) is 0 Å². The second-order valence-corrected chi connectivity index (χ2v) is 3.22. The Kier molecular flexibility index (Phi) is 3.90. The zero-order valence-corrected chi connectivity index (χ0v) is 8.67. The number of aryl methyl sites for hydroxylation is 1. The third-order valence-corrected chi connectivity index (χ3v) is 2.21. The lowest BCUT2D eigenvalue weighted by Crippen LogP contribution is -2.18. The molecule has 13 heavy (non-hydrogen) atoms. The molecule has 72 valence electrons. The molecule has 1 aromatic rings. The Labute approximate surface area is 80.4 Å². The SMILES string of the molecule is CCNC(C)c1ccc(CC)cn1. The highest BCUT2D eigenvalue weighted by Crippen LogP contribution is 2.09. The molecule has 0 aliphatic rings. The summed E-state index contributed by atoms with van der Waals surface area (Å²) >= 11 is 0. The Hall–Kier alpha value is -0.890. The fourth-order valence-electron chi connectivity index (χ4n) is 1.31. The molecule has 1 aromatic heterocycles. The van der Waals surface area contributed by atoms with E-state index < -0.39 is 0 Å². The van der Waals surface area contributed by atoms with Gasteiger partial charge in [0.1, 0.15) is 0 Å². The smallest absolute Gasteiger partial charge is 0.0570 e. The maximum atomic E-state index is 4.41. The Balaban J connectivity index is 2.67. The van der Waals surface area contributed by atoms with E-state index in [0.29, 0.717) is 6.04 Å². The zero-order valence-electron chi connectivity index (χ0n) is 8.67. The summed E-state index contributed by atoms with van der Waals surface area (Å²) in [6.45, 7) is 7.37. The van der Waals surface area contributed by atoms with Gasteiger partial charge in [0, 0.05) is 12.2 Å². The molecule has 0 aliphatic carbocycles. The molecule has 1 N–H and O–H groups in total. The van der Waals surface area contributed by atoms with Crippen LogP contribution in [0.5, 0.6) is 0 Å². The first-order valence-corrected chi connectivity index (χ1v) is 4.96. The molecule has 0 amide bonds. The molecule has 0 spiro atoms. The van der Waals surface area contributed by atoms with Gasteiger partial charge in [0.2, 0.25) is 0 Å². The van der Waals surface area contributed by atoms with Crippen molar-refractivity contribution in [1.82, 2.24) is 10.3 Å². The molecule has 2 heteroatoms. The van der Waals surface area contributed by atoms with E-state index in [1.807, 2.05) is 6.20 Å². The number of rotatable bonds is 4. The average molecular weight is 178 g/mol. The maximum absolute atomic E-state index is 4.41. The van der Waals surface area contributed by atoms with Gasteiger partial charge in [-0.3, -0.25) is 4.98 Å². The van der Waals surface area contributed by atoms with Crippen LogP contribution >= 0.6 is 0 Å². The number of aromatic nitrogens is 1. The van der Waals surface area contributed by atoms with E-state index in [9.17, 15) is 0 Å². The Morgan fingerprint density at radius 3 is 2.62 bits per heavy atom. The standard InChI is InChI=1S/C11H18N2/c1-4-10-6-7-11(13-8-10)9(3)12-5-2/h6-9,12H,4-5H2,1-3H3. The molecule has 0 bridgehead atoms. The van der Waals surface area contributed by atoms with E-state index >= 15 is 0 Å². The molecule has 0 saturated carbocycles. The van der Waals surface area contributed by atoms with Crippen LogP contribution in [-0.2, 0) is 6.42 Å². The van der Waals surface area contributed by atoms with Crippen LogP contribution in [-0.4, -0.2) is 11.5 Å². The van der Waals surface area contributed by atoms with Crippen molar-refractivity contribution in [3.05, 3.63) is 29.6 Å². The molecule has 2 nitrogen and oxygen atoms in total. The van der Waals surface area contributed by atoms with Gasteiger partial charge in [-0.1, -0.05) is 19.9 Å². The highest BCUT2D eigenvalue weighted by molar-refractivity contribution is 5.15. The predicted molar refractivity (Wildman–Crippen MR) is 55.7 cm³/mol. The van der Waals surface area contributed by atoms with Gasteiger partial charge >= 0.3 is 0 Å².